The maximum atomic E-state index is 12.5. The Bertz CT molecular complexity index is 971. The Labute approximate surface area is 151 Å². The fourth-order valence-electron chi connectivity index (χ4n) is 2.30. The average Bonchev–Trinajstić information content (AvgIpc) is 3.02. The number of thioether (sulfide) groups is 1. The molecule has 1 amide bonds. The normalized spacial score (nSPS) is 10.6. The van der Waals surface area contributed by atoms with Gasteiger partial charge >= 0.3 is 0 Å². The van der Waals surface area contributed by atoms with Crippen LogP contribution in [0.2, 0.25) is 0 Å². The van der Waals surface area contributed by atoms with Crippen molar-refractivity contribution in [1.29, 1.82) is 0 Å². The number of non-ortho nitro benzene ring substituents is 1. The van der Waals surface area contributed by atoms with Gasteiger partial charge in [0, 0.05) is 11.0 Å². The topological polar surface area (TPSA) is 94.4 Å². The van der Waals surface area contributed by atoms with Gasteiger partial charge in [-0.15, -0.1) is 11.8 Å². The first-order chi connectivity index (χ1) is 12.0. The summed E-state index contributed by atoms with van der Waals surface area (Å²) in [5.41, 5.74) is 0.942. The lowest BCUT2D eigenvalue weighted by atomic mass is 10.2. The molecule has 0 unspecified atom stereocenters. The molecule has 1 aromatic heterocycles. The number of methoxy groups -OCH3 is 1. The molecule has 1 N–H and O–H groups in total. The van der Waals surface area contributed by atoms with Gasteiger partial charge in [0.05, 0.1) is 28.4 Å². The minimum absolute atomic E-state index is 0.0846. The molecule has 3 rings (SSSR count). The molecule has 2 aromatic carbocycles. The minimum Gasteiger partial charge on any atom is -0.494 e. The van der Waals surface area contributed by atoms with Gasteiger partial charge < -0.3 is 4.74 Å². The second-order valence-corrected chi connectivity index (χ2v) is 6.80. The number of benzene rings is 2. The highest BCUT2D eigenvalue weighted by Crippen LogP contribution is 2.36. The molecule has 7 nitrogen and oxygen atoms in total. The van der Waals surface area contributed by atoms with E-state index < -0.39 is 4.92 Å². The Hall–Kier alpha value is -2.65. The number of amides is 1. The van der Waals surface area contributed by atoms with Gasteiger partial charge in [-0.25, -0.2) is 4.98 Å². The van der Waals surface area contributed by atoms with E-state index in [1.54, 1.807) is 12.1 Å². The van der Waals surface area contributed by atoms with E-state index in [9.17, 15) is 14.9 Å². The van der Waals surface area contributed by atoms with Crippen LogP contribution in [-0.2, 0) is 0 Å². The van der Waals surface area contributed by atoms with Crippen LogP contribution in [0.3, 0.4) is 0 Å². The zero-order valence-corrected chi connectivity index (χ0v) is 14.9. The molecule has 9 heteroatoms. The van der Waals surface area contributed by atoms with E-state index >= 15 is 0 Å². The third-order valence-corrected chi connectivity index (χ3v) is 5.16. The number of nitro groups is 1. The first kappa shape index (κ1) is 17.2. The van der Waals surface area contributed by atoms with Gasteiger partial charge in [0.2, 0.25) is 0 Å². The van der Waals surface area contributed by atoms with Gasteiger partial charge in [0.1, 0.15) is 5.52 Å². The van der Waals surface area contributed by atoms with Crippen molar-refractivity contribution in [3.05, 3.63) is 52.1 Å². The molecule has 0 fully saturated rings. The summed E-state index contributed by atoms with van der Waals surface area (Å²) in [6.45, 7) is 0. The quantitative estimate of drug-likeness (QED) is 0.408. The summed E-state index contributed by atoms with van der Waals surface area (Å²) in [5.74, 6) is 0.0166. The van der Waals surface area contributed by atoms with Gasteiger partial charge in [0.15, 0.2) is 10.9 Å². The van der Waals surface area contributed by atoms with E-state index in [4.69, 9.17) is 4.74 Å². The van der Waals surface area contributed by atoms with Crippen molar-refractivity contribution in [1.82, 2.24) is 4.98 Å². The van der Waals surface area contributed by atoms with Gasteiger partial charge in [-0.3, -0.25) is 20.2 Å². The van der Waals surface area contributed by atoms with Crippen molar-refractivity contribution in [2.45, 2.75) is 4.90 Å². The minimum atomic E-state index is -0.491. The van der Waals surface area contributed by atoms with Crippen LogP contribution in [0.25, 0.3) is 10.2 Å². The summed E-state index contributed by atoms with van der Waals surface area (Å²) in [7, 11) is 1.42. The number of nitrogens with zero attached hydrogens (tertiary/aromatic N) is 2. The van der Waals surface area contributed by atoms with Crippen molar-refractivity contribution in [3.63, 3.8) is 0 Å². The Kier molecular flexibility index (Phi) is 4.86. The predicted octanol–water partition coefficient (Wildman–Crippen LogP) is 4.19. The van der Waals surface area contributed by atoms with Crippen LogP contribution in [0, 0.1) is 10.1 Å². The number of anilines is 1. The fourth-order valence-corrected chi connectivity index (χ4v) is 3.80. The molecule has 25 heavy (non-hydrogen) atoms. The molecule has 0 aliphatic rings. The number of fused-ring (bicyclic) bond motifs is 1. The molecule has 3 aromatic rings. The molecule has 0 radical (unpaired) electrons. The predicted molar refractivity (Wildman–Crippen MR) is 99.0 cm³/mol. The average molecular weight is 375 g/mol. The van der Waals surface area contributed by atoms with Crippen LogP contribution in [0.5, 0.6) is 5.75 Å². The summed E-state index contributed by atoms with van der Waals surface area (Å²) in [6, 6.07) is 9.99. The smallest absolute Gasteiger partial charge is 0.274 e. The number of thiazole rings is 1. The number of carbonyl (C=O) groups is 1. The van der Waals surface area contributed by atoms with Crippen molar-refractivity contribution < 1.29 is 14.5 Å². The van der Waals surface area contributed by atoms with Crippen LogP contribution in [0.1, 0.15) is 10.4 Å². The zero-order valence-electron chi connectivity index (χ0n) is 13.3. The maximum Gasteiger partial charge on any atom is 0.274 e. The van der Waals surface area contributed by atoms with Gasteiger partial charge in [-0.2, -0.15) is 0 Å². The van der Waals surface area contributed by atoms with Gasteiger partial charge in [-0.05, 0) is 18.4 Å². The first-order valence-corrected chi connectivity index (χ1v) is 9.15. The molecule has 0 bridgehead atoms. The second-order valence-electron chi connectivity index (χ2n) is 4.93. The molecule has 0 saturated carbocycles. The van der Waals surface area contributed by atoms with E-state index in [0.717, 1.165) is 16.2 Å². The molecule has 0 spiro atoms. The van der Waals surface area contributed by atoms with E-state index in [1.807, 2.05) is 18.4 Å². The number of nitrogens with one attached hydrogen (secondary N) is 1. The van der Waals surface area contributed by atoms with Crippen molar-refractivity contribution in [2.75, 3.05) is 18.7 Å². The SMILES string of the molecule is COc1cc([N+](=O)[O-])cc2sc(NC(=O)c3ccccc3SC)nc12. The van der Waals surface area contributed by atoms with Crippen molar-refractivity contribution >= 4 is 50.0 Å². The van der Waals surface area contributed by atoms with Gasteiger partial charge in [-0.1, -0.05) is 23.5 Å². The molecule has 1 heterocycles. The number of rotatable bonds is 5. The molecular formula is C16H13N3O4S2. The summed E-state index contributed by atoms with van der Waals surface area (Å²) in [4.78, 5) is 28.2. The Morgan fingerprint density at radius 2 is 2.12 bits per heavy atom. The third-order valence-electron chi connectivity index (χ3n) is 3.45. The Balaban J connectivity index is 1.97. The number of hydrogen-bond donors (Lipinski definition) is 1. The first-order valence-electron chi connectivity index (χ1n) is 7.11. The fraction of sp³-hybridized carbons (Fsp3) is 0.125. The van der Waals surface area contributed by atoms with E-state index in [0.29, 0.717) is 26.7 Å². The Morgan fingerprint density at radius 1 is 1.36 bits per heavy atom. The molecule has 0 aliphatic heterocycles. The zero-order chi connectivity index (χ0) is 18.0. The van der Waals surface area contributed by atoms with Gasteiger partial charge in [0.25, 0.3) is 11.6 Å². The van der Waals surface area contributed by atoms with Crippen LogP contribution >= 0.6 is 23.1 Å². The largest absolute Gasteiger partial charge is 0.494 e. The summed E-state index contributed by atoms with van der Waals surface area (Å²) in [5, 5.41) is 14.1. The summed E-state index contributed by atoms with van der Waals surface area (Å²) >= 11 is 2.64. The number of carbonyl (C=O) groups excluding carboxylic acids is 1. The second kappa shape index (κ2) is 7.08. The lowest BCUT2D eigenvalue weighted by Gasteiger charge is -2.05. The van der Waals surface area contributed by atoms with E-state index in [1.165, 1.54) is 31.0 Å². The lowest BCUT2D eigenvalue weighted by molar-refractivity contribution is -0.384. The number of hydrogen-bond acceptors (Lipinski definition) is 7. The highest BCUT2D eigenvalue weighted by Gasteiger charge is 2.18. The molecule has 0 saturated heterocycles. The van der Waals surface area contributed by atoms with E-state index in [2.05, 4.69) is 10.3 Å². The van der Waals surface area contributed by atoms with Crippen molar-refractivity contribution in [3.8, 4) is 5.75 Å². The number of ether oxygens (including phenoxy) is 1. The Morgan fingerprint density at radius 3 is 2.80 bits per heavy atom. The lowest BCUT2D eigenvalue weighted by Crippen LogP contribution is -2.12. The molecular weight excluding hydrogens is 362 g/mol. The maximum absolute atomic E-state index is 12.5. The summed E-state index contributed by atoms with van der Waals surface area (Å²) < 4.78 is 5.75. The van der Waals surface area contributed by atoms with Crippen LogP contribution in [-0.4, -0.2) is 29.2 Å². The molecule has 128 valence electrons. The number of nitro benzene ring substituents is 1. The monoisotopic (exact) mass is 375 g/mol. The van der Waals surface area contributed by atoms with Crippen molar-refractivity contribution in [2.24, 2.45) is 0 Å². The van der Waals surface area contributed by atoms with E-state index in [-0.39, 0.29) is 11.6 Å². The number of aromatic nitrogens is 1. The highest BCUT2D eigenvalue weighted by molar-refractivity contribution is 7.98. The van der Waals surface area contributed by atoms with Crippen LogP contribution in [0.15, 0.2) is 41.3 Å². The summed E-state index contributed by atoms with van der Waals surface area (Å²) in [6.07, 6.45) is 1.90. The van der Waals surface area contributed by atoms with Crippen LogP contribution in [0.4, 0.5) is 10.8 Å². The molecule has 0 aliphatic carbocycles. The van der Waals surface area contributed by atoms with Crippen LogP contribution < -0.4 is 10.1 Å². The standard InChI is InChI=1S/C16H13N3O4S2/c1-23-11-7-9(19(21)22)8-13-14(11)17-16(25-13)18-15(20)10-5-3-4-6-12(10)24-2/h3-8H,1-2H3,(H,17,18,20). The third kappa shape index (κ3) is 3.42. The highest BCUT2D eigenvalue weighted by atomic mass is 32.2. The molecule has 0 atom stereocenters.